The Hall–Kier alpha value is -1.64. The number of nitrogens with zero attached hydrogens (tertiary/aromatic N) is 1. The quantitative estimate of drug-likeness (QED) is 0.843. The highest BCUT2D eigenvalue weighted by Gasteiger charge is 2.26. The Morgan fingerprint density at radius 1 is 1.10 bits per heavy atom. The highest BCUT2D eigenvalue weighted by molar-refractivity contribution is 6.08. The van der Waals surface area contributed by atoms with Crippen molar-refractivity contribution >= 4 is 11.8 Å². The molecule has 0 spiro atoms. The van der Waals surface area contributed by atoms with Crippen molar-refractivity contribution in [2.45, 2.75) is 45.4 Å². The van der Waals surface area contributed by atoms with Crippen LogP contribution in [0.25, 0.3) is 0 Å². The fraction of sp³-hybridized carbons (Fsp3) is 0.500. The number of imide groups is 1. The molecule has 2 amide bonds. The summed E-state index contributed by atoms with van der Waals surface area (Å²) < 4.78 is 0. The Bertz CT molecular complexity index is 477. The third-order valence-electron chi connectivity index (χ3n) is 4.31. The summed E-state index contributed by atoms with van der Waals surface area (Å²) in [5.41, 5.74) is 0.554. The lowest BCUT2D eigenvalue weighted by atomic mass is 9.83. The fourth-order valence-corrected chi connectivity index (χ4v) is 3.06. The zero-order chi connectivity index (χ0) is 15.2. The first kappa shape index (κ1) is 15.7. The molecule has 2 rings (SSSR count). The van der Waals surface area contributed by atoms with Gasteiger partial charge in [0.1, 0.15) is 0 Å². The predicted molar refractivity (Wildman–Crippen MR) is 83.7 cm³/mol. The molecule has 0 bridgehead atoms. The maximum absolute atomic E-state index is 12.4. The van der Waals surface area contributed by atoms with Crippen molar-refractivity contribution < 1.29 is 9.59 Å². The third-order valence-corrected chi connectivity index (χ3v) is 4.31. The number of rotatable bonds is 4. The zero-order valence-corrected chi connectivity index (χ0v) is 13.0. The Morgan fingerprint density at radius 2 is 1.71 bits per heavy atom. The molecular formula is C18H24NO2. The van der Waals surface area contributed by atoms with Crippen LogP contribution in [-0.2, 0) is 4.79 Å². The summed E-state index contributed by atoms with van der Waals surface area (Å²) in [4.78, 5) is 25.9. The summed E-state index contributed by atoms with van der Waals surface area (Å²) in [6.45, 7) is 1.87. The SMILES string of the molecule is C[C](CC1CCCCC1)C(=O)N(C)C(=O)c1ccccc1. The van der Waals surface area contributed by atoms with Crippen molar-refractivity contribution in [1.82, 2.24) is 4.90 Å². The molecular weight excluding hydrogens is 262 g/mol. The van der Waals surface area contributed by atoms with Crippen LogP contribution in [0.5, 0.6) is 0 Å². The minimum absolute atomic E-state index is 0.144. The normalized spacial score (nSPS) is 16.0. The van der Waals surface area contributed by atoms with E-state index in [9.17, 15) is 9.59 Å². The molecule has 3 heteroatoms. The summed E-state index contributed by atoms with van der Waals surface area (Å²) in [6, 6.07) is 8.96. The van der Waals surface area contributed by atoms with Gasteiger partial charge >= 0.3 is 0 Å². The van der Waals surface area contributed by atoms with E-state index in [1.807, 2.05) is 25.1 Å². The van der Waals surface area contributed by atoms with Gasteiger partial charge in [-0.2, -0.15) is 0 Å². The van der Waals surface area contributed by atoms with Gasteiger partial charge in [0.05, 0.1) is 5.92 Å². The fourth-order valence-electron chi connectivity index (χ4n) is 3.06. The van der Waals surface area contributed by atoms with E-state index in [-0.39, 0.29) is 11.8 Å². The predicted octanol–water partition coefficient (Wildman–Crippen LogP) is 3.85. The van der Waals surface area contributed by atoms with Gasteiger partial charge in [-0.1, -0.05) is 50.3 Å². The van der Waals surface area contributed by atoms with E-state index in [0.717, 1.165) is 12.3 Å². The highest BCUT2D eigenvalue weighted by Crippen LogP contribution is 2.30. The second-order valence-electron chi connectivity index (χ2n) is 6.02. The average Bonchev–Trinajstić information content (AvgIpc) is 2.54. The lowest BCUT2D eigenvalue weighted by Crippen LogP contribution is -2.36. The van der Waals surface area contributed by atoms with E-state index >= 15 is 0 Å². The summed E-state index contributed by atoms with van der Waals surface area (Å²) in [5, 5.41) is 0. The molecule has 1 aliphatic rings. The molecule has 1 aliphatic carbocycles. The van der Waals surface area contributed by atoms with E-state index in [4.69, 9.17) is 0 Å². The molecule has 113 valence electrons. The third kappa shape index (κ3) is 4.16. The van der Waals surface area contributed by atoms with Crippen LogP contribution in [-0.4, -0.2) is 23.8 Å². The molecule has 0 unspecified atom stereocenters. The number of carbonyl (C=O) groups is 2. The van der Waals surface area contributed by atoms with Gasteiger partial charge in [0, 0.05) is 12.6 Å². The van der Waals surface area contributed by atoms with Crippen molar-refractivity contribution in [2.24, 2.45) is 5.92 Å². The molecule has 21 heavy (non-hydrogen) atoms. The molecule has 0 aromatic heterocycles. The van der Waals surface area contributed by atoms with Gasteiger partial charge in [-0.3, -0.25) is 14.5 Å². The largest absolute Gasteiger partial charge is 0.281 e. The van der Waals surface area contributed by atoms with Gasteiger partial charge in [-0.15, -0.1) is 0 Å². The number of benzene rings is 1. The Balaban J connectivity index is 1.93. The van der Waals surface area contributed by atoms with Gasteiger partial charge in [-0.05, 0) is 31.4 Å². The minimum atomic E-state index is -0.233. The van der Waals surface area contributed by atoms with E-state index < -0.39 is 0 Å². The summed E-state index contributed by atoms with van der Waals surface area (Å²) in [6.07, 6.45) is 7.10. The van der Waals surface area contributed by atoms with Gasteiger partial charge < -0.3 is 0 Å². The lowest BCUT2D eigenvalue weighted by Gasteiger charge is -2.26. The molecule has 1 radical (unpaired) electrons. The lowest BCUT2D eigenvalue weighted by molar-refractivity contribution is -0.125. The Kier molecular flexibility index (Phi) is 5.54. The number of hydrogen-bond donors (Lipinski definition) is 0. The zero-order valence-electron chi connectivity index (χ0n) is 13.0. The molecule has 1 saturated carbocycles. The van der Waals surface area contributed by atoms with Crippen molar-refractivity contribution in [3.63, 3.8) is 0 Å². The average molecular weight is 286 g/mol. The second-order valence-corrected chi connectivity index (χ2v) is 6.02. The first-order valence-electron chi connectivity index (χ1n) is 7.79. The molecule has 0 saturated heterocycles. The molecule has 3 nitrogen and oxygen atoms in total. The van der Waals surface area contributed by atoms with Crippen molar-refractivity contribution in [2.75, 3.05) is 7.05 Å². The van der Waals surface area contributed by atoms with Crippen LogP contribution in [0, 0.1) is 11.8 Å². The Morgan fingerprint density at radius 3 is 2.33 bits per heavy atom. The van der Waals surface area contributed by atoms with Gasteiger partial charge in [-0.25, -0.2) is 0 Å². The van der Waals surface area contributed by atoms with Gasteiger partial charge in [0.15, 0.2) is 0 Å². The van der Waals surface area contributed by atoms with Crippen molar-refractivity contribution in [3.8, 4) is 0 Å². The smallest absolute Gasteiger partial charge is 0.260 e. The van der Waals surface area contributed by atoms with Crippen LogP contribution in [0.2, 0.25) is 0 Å². The Labute approximate surface area is 127 Å². The van der Waals surface area contributed by atoms with Crippen LogP contribution < -0.4 is 0 Å². The van der Waals surface area contributed by atoms with Crippen LogP contribution in [0.15, 0.2) is 30.3 Å². The number of carbonyl (C=O) groups excluding carboxylic acids is 2. The molecule has 0 heterocycles. The molecule has 0 atom stereocenters. The van der Waals surface area contributed by atoms with Crippen LogP contribution >= 0.6 is 0 Å². The first-order chi connectivity index (χ1) is 10.1. The van der Waals surface area contributed by atoms with E-state index in [0.29, 0.717) is 11.5 Å². The maximum atomic E-state index is 12.4. The van der Waals surface area contributed by atoms with Crippen LogP contribution in [0.3, 0.4) is 0 Å². The number of amides is 2. The molecule has 1 aromatic carbocycles. The second kappa shape index (κ2) is 7.39. The van der Waals surface area contributed by atoms with Gasteiger partial charge in [0.2, 0.25) is 5.91 Å². The monoisotopic (exact) mass is 286 g/mol. The van der Waals surface area contributed by atoms with E-state index in [2.05, 4.69) is 0 Å². The summed E-state index contributed by atoms with van der Waals surface area (Å²) in [5.74, 6) is 1.04. The highest BCUT2D eigenvalue weighted by atomic mass is 16.2. The summed E-state index contributed by atoms with van der Waals surface area (Å²) in [7, 11) is 1.57. The topological polar surface area (TPSA) is 37.4 Å². The van der Waals surface area contributed by atoms with Gasteiger partial charge in [0.25, 0.3) is 5.91 Å². The minimum Gasteiger partial charge on any atom is -0.281 e. The summed E-state index contributed by atoms with van der Waals surface area (Å²) >= 11 is 0. The molecule has 0 aliphatic heterocycles. The molecule has 0 N–H and O–H groups in total. The van der Waals surface area contributed by atoms with Crippen molar-refractivity contribution in [3.05, 3.63) is 41.8 Å². The standard InChI is InChI=1S/C18H24NO2/c1-14(13-15-9-5-3-6-10-15)17(20)19(2)18(21)16-11-7-4-8-12-16/h4,7-8,11-12,15H,3,5-6,9-10,13H2,1-2H3. The first-order valence-corrected chi connectivity index (χ1v) is 7.79. The molecule has 1 aromatic rings. The van der Waals surface area contributed by atoms with Crippen LogP contribution in [0.4, 0.5) is 0 Å². The van der Waals surface area contributed by atoms with Crippen LogP contribution in [0.1, 0.15) is 55.8 Å². The molecule has 1 fully saturated rings. The van der Waals surface area contributed by atoms with E-state index in [1.165, 1.54) is 37.0 Å². The maximum Gasteiger partial charge on any atom is 0.260 e. The van der Waals surface area contributed by atoms with E-state index in [1.54, 1.807) is 19.2 Å². The van der Waals surface area contributed by atoms with Crippen molar-refractivity contribution in [1.29, 1.82) is 0 Å². The number of hydrogen-bond acceptors (Lipinski definition) is 2.